The number of aromatic hydroxyl groups is 1. The number of ether oxygens (including phenoxy) is 1. The molecule has 0 spiro atoms. The van der Waals surface area contributed by atoms with Gasteiger partial charge in [-0.2, -0.15) is 0 Å². The Hall–Kier alpha value is -4.12. The molecule has 0 amide bonds. The third-order valence-corrected chi connectivity index (χ3v) is 10.0. The number of benzene rings is 5. The number of hydrogen-bond acceptors (Lipinski definition) is 9. The van der Waals surface area contributed by atoms with Gasteiger partial charge in [-0.3, -0.25) is 14.4 Å². The molecule has 0 aromatic heterocycles. The van der Waals surface area contributed by atoms with Gasteiger partial charge in [0.1, 0.15) is 0 Å². The average Bonchev–Trinajstić information content (AvgIpc) is 3.13. The number of carbonyl (C=O) groups is 1. The van der Waals surface area contributed by atoms with Gasteiger partial charge in [-0.25, -0.2) is 0 Å². The van der Waals surface area contributed by atoms with Gasteiger partial charge < -0.3 is 30.5 Å². The highest BCUT2D eigenvalue weighted by Gasteiger charge is 2.34. The van der Waals surface area contributed by atoms with E-state index in [4.69, 9.17) is 4.74 Å². The number of rotatable bonds is 7. The molecule has 0 radical (unpaired) electrons. The lowest BCUT2D eigenvalue weighted by atomic mass is 9.80. The Morgan fingerprint density at radius 2 is 1.77 bits per heavy atom. The van der Waals surface area contributed by atoms with Crippen LogP contribution in [0.5, 0.6) is 11.5 Å². The molecule has 2 aliphatic rings. The van der Waals surface area contributed by atoms with E-state index in [-0.39, 0.29) is 48.2 Å². The lowest BCUT2D eigenvalue weighted by Gasteiger charge is -2.28. The standard InChI is InChI=1S/C33H29NO8S/c1-13-8-16-15(4-3-5-20(38)39)30(40)28-27-22(16)23-17(9-13)32(42-2)31(41)25-19(37)10-14(11-35)21(26(23)25)24(27)18(12-36)33-29(28)34-6-7-43-33/h8,10,34-36,41H,3-7,9,11-12H2,1-2H3,(H,38,39). The van der Waals surface area contributed by atoms with Crippen LogP contribution in [0.3, 0.4) is 0 Å². The fourth-order valence-electron chi connectivity index (χ4n) is 7.35. The largest absolute Gasteiger partial charge is 0.504 e. The van der Waals surface area contributed by atoms with Crippen LogP contribution in [-0.4, -0.2) is 45.8 Å². The van der Waals surface area contributed by atoms with Crippen molar-refractivity contribution in [1.29, 1.82) is 0 Å². The zero-order chi connectivity index (χ0) is 30.3. The van der Waals surface area contributed by atoms with Crippen molar-refractivity contribution >= 4 is 72.6 Å². The highest BCUT2D eigenvalue weighted by Crippen LogP contribution is 2.54. The fourth-order valence-corrected chi connectivity index (χ4v) is 8.42. The van der Waals surface area contributed by atoms with Gasteiger partial charge in [-0.1, -0.05) is 11.6 Å². The van der Waals surface area contributed by atoms with Crippen molar-refractivity contribution < 1.29 is 30.0 Å². The Kier molecular flexibility index (Phi) is 6.42. The van der Waals surface area contributed by atoms with Crippen LogP contribution in [0.2, 0.25) is 0 Å². The minimum absolute atomic E-state index is 0.0538. The molecule has 0 bridgehead atoms. The molecule has 1 aliphatic heterocycles. The minimum Gasteiger partial charge on any atom is -0.504 e. The molecule has 0 atom stereocenters. The van der Waals surface area contributed by atoms with Crippen LogP contribution >= 0.6 is 11.8 Å². The van der Waals surface area contributed by atoms with Crippen molar-refractivity contribution in [2.24, 2.45) is 0 Å². The molecule has 5 N–H and O–H groups in total. The van der Waals surface area contributed by atoms with E-state index in [9.17, 15) is 34.8 Å². The average molecular weight is 600 g/mol. The monoisotopic (exact) mass is 599 g/mol. The van der Waals surface area contributed by atoms with Gasteiger partial charge in [-0.05, 0) is 64.9 Å². The molecule has 0 unspecified atom stereocenters. The van der Waals surface area contributed by atoms with E-state index < -0.39 is 18.0 Å². The molecule has 7 rings (SSSR count). The lowest BCUT2D eigenvalue weighted by Crippen LogP contribution is -2.20. The molecule has 0 saturated carbocycles. The normalized spacial score (nSPS) is 14.5. The maximum Gasteiger partial charge on any atom is 0.303 e. The van der Waals surface area contributed by atoms with Crippen molar-refractivity contribution in [2.45, 2.75) is 50.7 Å². The second-order valence-corrected chi connectivity index (χ2v) is 12.4. The van der Waals surface area contributed by atoms with E-state index in [1.807, 2.05) is 13.0 Å². The Bertz CT molecular complexity index is 2190. The van der Waals surface area contributed by atoms with Gasteiger partial charge in [0, 0.05) is 51.1 Å². The van der Waals surface area contributed by atoms with Gasteiger partial charge in [0.2, 0.25) is 0 Å². The molecular formula is C33H29NO8S. The molecule has 1 aliphatic carbocycles. The third kappa shape index (κ3) is 3.70. The van der Waals surface area contributed by atoms with E-state index >= 15 is 0 Å². The van der Waals surface area contributed by atoms with Crippen LogP contribution in [0.4, 0.5) is 5.69 Å². The number of fused-ring (bicyclic) bond motifs is 3. The molecule has 43 heavy (non-hydrogen) atoms. The van der Waals surface area contributed by atoms with E-state index in [0.717, 1.165) is 10.5 Å². The Morgan fingerprint density at radius 3 is 2.47 bits per heavy atom. The molecular weight excluding hydrogens is 570 g/mol. The van der Waals surface area contributed by atoms with Gasteiger partial charge in [-0.15, -0.1) is 11.8 Å². The predicted octanol–water partition coefficient (Wildman–Crippen LogP) is 4.48. The first-order chi connectivity index (χ1) is 20.7. The third-order valence-electron chi connectivity index (χ3n) is 8.90. The number of methoxy groups -OCH3 is 1. The molecule has 5 aromatic rings. The molecule has 5 aromatic carbocycles. The maximum atomic E-state index is 14.6. The first-order valence-corrected chi connectivity index (χ1v) is 15.2. The van der Waals surface area contributed by atoms with Gasteiger partial charge in [0.05, 0.1) is 36.8 Å². The van der Waals surface area contributed by atoms with E-state index in [0.29, 0.717) is 89.9 Å². The van der Waals surface area contributed by atoms with Gasteiger partial charge in [0.15, 0.2) is 22.4 Å². The van der Waals surface area contributed by atoms with E-state index in [2.05, 4.69) is 5.32 Å². The number of aliphatic hydroxyl groups is 2. The predicted molar refractivity (Wildman–Crippen MR) is 169 cm³/mol. The first kappa shape index (κ1) is 27.7. The second kappa shape index (κ2) is 9.97. The Labute approximate surface area is 249 Å². The Morgan fingerprint density at radius 1 is 1.00 bits per heavy atom. The van der Waals surface area contributed by atoms with Gasteiger partial charge in [0.25, 0.3) is 0 Å². The van der Waals surface area contributed by atoms with Crippen molar-refractivity contribution in [3.63, 3.8) is 0 Å². The summed E-state index contributed by atoms with van der Waals surface area (Å²) in [7, 11) is 1.44. The SMILES string of the molecule is COc1c(O)c2c(=O)cc(CO)c3c4c(CO)c5c(c6c(=O)c(CCCC(=O)O)c7c(c(c1CC(C)=C7)c23)c64)NCCS5. The van der Waals surface area contributed by atoms with Crippen molar-refractivity contribution in [1.82, 2.24) is 0 Å². The van der Waals surface area contributed by atoms with Crippen LogP contribution in [-0.2, 0) is 30.8 Å². The maximum absolute atomic E-state index is 14.6. The van der Waals surface area contributed by atoms with Crippen LogP contribution in [0, 0.1) is 0 Å². The highest BCUT2D eigenvalue weighted by molar-refractivity contribution is 7.99. The summed E-state index contributed by atoms with van der Waals surface area (Å²) >= 11 is 1.53. The smallest absolute Gasteiger partial charge is 0.303 e. The number of carboxylic acid groups (broad SMARTS) is 1. The molecule has 9 nitrogen and oxygen atoms in total. The van der Waals surface area contributed by atoms with E-state index in [1.54, 1.807) is 0 Å². The Balaban J connectivity index is 1.89. The van der Waals surface area contributed by atoms with Crippen LogP contribution < -0.4 is 20.9 Å². The van der Waals surface area contributed by atoms with Crippen LogP contribution in [0.15, 0.2) is 26.1 Å². The number of nitrogens with one attached hydrogen (secondary N) is 1. The summed E-state index contributed by atoms with van der Waals surface area (Å²) in [4.78, 5) is 40.4. The number of aliphatic hydroxyl groups excluding tert-OH is 2. The number of thioether (sulfide) groups is 1. The van der Waals surface area contributed by atoms with Crippen molar-refractivity contribution in [2.75, 3.05) is 24.7 Å². The number of anilines is 1. The number of aliphatic carboxylic acids is 1. The summed E-state index contributed by atoms with van der Waals surface area (Å²) in [6.45, 7) is 1.72. The summed E-state index contributed by atoms with van der Waals surface area (Å²) in [6.07, 6.45) is 2.70. The summed E-state index contributed by atoms with van der Waals surface area (Å²) in [5, 5.41) is 49.8. The number of allylic oxidation sites excluding steroid dienone is 1. The number of hydrogen-bond donors (Lipinski definition) is 5. The number of carboxylic acids is 1. The number of phenolic OH excluding ortho intramolecular Hbond substituents is 1. The van der Waals surface area contributed by atoms with Gasteiger partial charge >= 0.3 is 5.97 Å². The second-order valence-electron chi connectivity index (χ2n) is 11.3. The summed E-state index contributed by atoms with van der Waals surface area (Å²) in [5.41, 5.74) is 3.55. The minimum atomic E-state index is -0.946. The zero-order valence-electron chi connectivity index (χ0n) is 23.6. The zero-order valence-corrected chi connectivity index (χ0v) is 24.5. The van der Waals surface area contributed by atoms with Crippen LogP contribution in [0.25, 0.3) is 49.2 Å². The molecule has 220 valence electrons. The van der Waals surface area contributed by atoms with Crippen molar-refractivity contribution in [3.05, 3.63) is 59.9 Å². The highest BCUT2D eigenvalue weighted by atomic mass is 32.2. The summed E-state index contributed by atoms with van der Waals surface area (Å²) in [5.74, 6) is -0.354. The lowest BCUT2D eigenvalue weighted by molar-refractivity contribution is -0.137. The fraction of sp³-hybridized carbons (Fsp3) is 0.303. The topological polar surface area (TPSA) is 153 Å². The van der Waals surface area contributed by atoms with Crippen molar-refractivity contribution in [3.8, 4) is 11.5 Å². The number of phenols is 1. The molecule has 0 fully saturated rings. The molecule has 1 heterocycles. The summed E-state index contributed by atoms with van der Waals surface area (Å²) in [6, 6.07) is 1.31. The molecule has 10 heteroatoms. The van der Waals surface area contributed by atoms with E-state index in [1.165, 1.54) is 24.9 Å². The first-order valence-electron chi connectivity index (χ1n) is 14.2. The van der Waals surface area contributed by atoms with Crippen LogP contribution in [0.1, 0.15) is 47.6 Å². The summed E-state index contributed by atoms with van der Waals surface area (Å²) < 4.78 is 5.74. The quantitative estimate of drug-likeness (QED) is 0.134. The molecule has 0 saturated heterocycles.